The molecule has 0 aliphatic carbocycles. The van der Waals surface area contributed by atoms with Gasteiger partial charge < -0.3 is 15.3 Å². The van der Waals surface area contributed by atoms with Gasteiger partial charge in [-0.15, -0.1) is 0 Å². The molecule has 0 fully saturated rings. The molecular formula is C11H10FNO4. The van der Waals surface area contributed by atoms with Crippen LogP contribution in [0.3, 0.4) is 0 Å². The smallest absolute Gasteiger partial charge is 0.338 e. The largest absolute Gasteiger partial charge is 0.478 e. The molecule has 5 nitrogen and oxygen atoms in total. The number of nitriles is 1. The van der Waals surface area contributed by atoms with Crippen LogP contribution in [0, 0.1) is 17.1 Å². The van der Waals surface area contributed by atoms with Gasteiger partial charge in [-0.05, 0) is 17.7 Å². The molecule has 0 aromatic heterocycles. The summed E-state index contributed by atoms with van der Waals surface area (Å²) in [6, 6.07) is 4.68. The summed E-state index contributed by atoms with van der Waals surface area (Å²) in [5.74, 6) is -2.42. The van der Waals surface area contributed by atoms with Crippen molar-refractivity contribution in [2.75, 3.05) is 0 Å². The molecule has 6 heteroatoms. The molecule has 0 radical (unpaired) electrons. The second-order valence-electron chi connectivity index (χ2n) is 3.42. The highest BCUT2D eigenvalue weighted by Crippen LogP contribution is 2.21. The molecule has 3 N–H and O–H groups in total. The second kappa shape index (κ2) is 5.39. The highest BCUT2D eigenvalue weighted by molar-refractivity contribution is 5.87. The minimum Gasteiger partial charge on any atom is -0.478 e. The number of carboxylic acid groups (broad SMARTS) is 1. The molecule has 1 rings (SSSR count). The summed E-state index contributed by atoms with van der Waals surface area (Å²) in [6.45, 7) is 0. The topological polar surface area (TPSA) is 102 Å². The Morgan fingerprint density at radius 1 is 1.47 bits per heavy atom. The molecule has 0 saturated carbocycles. The lowest BCUT2D eigenvalue weighted by molar-refractivity contribution is 0.0214. The van der Waals surface area contributed by atoms with Crippen molar-refractivity contribution in [1.29, 1.82) is 5.26 Å². The molecule has 0 bridgehead atoms. The van der Waals surface area contributed by atoms with Crippen LogP contribution in [0.5, 0.6) is 0 Å². The monoisotopic (exact) mass is 239 g/mol. The van der Waals surface area contributed by atoms with E-state index < -0.39 is 29.6 Å². The summed E-state index contributed by atoms with van der Waals surface area (Å²) < 4.78 is 13.3. The molecule has 17 heavy (non-hydrogen) atoms. The van der Waals surface area contributed by atoms with E-state index in [1.165, 1.54) is 6.07 Å². The Bertz CT molecular complexity index is 469. The summed E-state index contributed by atoms with van der Waals surface area (Å²) >= 11 is 0. The minimum atomic E-state index is -1.42. The summed E-state index contributed by atoms with van der Waals surface area (Å²) in [5, 5.41) is 35.8. The normalized spacial score (nSPS) is 13.8. The van der Waals surface area contributed by atoms with Crippen LogP contribution in [0.25, 0.3) is 0 Å². The van der Waals surface area contributed by atoms with Gasteiger partial charge in [-0.1, -0.05) is 6.07 Å². The van der Waals surface area contributed by atoms with Gasteiger partial charge in [0.1, 0.15) is 11.9 Å². The number of aliphatic hydroxyl groups is 2. The third-order valence-corrected chi connectivity index (χ3v) is 2.23. The van der Waals surface area contributed by atoms with Gasteiger partial charge in [0.15, 0.2) is 0 Å². The van der Waals surface area contributed by atoms with Crippen LogP contribution in [-0.2, 0) is 0 Å². The molecule has 0 amide bonds. The fourth-order valence-corrected chi connectivity index (χ4v) is 1.32. The first-order chi connectivity index (χ1) is 7.97. The molecule has 90 valence electrons. The number of rotatable bonds is 4. The fourth-order valence-electron chi connectivity index (χ4n) is 1.32. The number of nitrogens with zero attached hydrogens (tertiary/aromatic N) is 1. The Labute approximate surface area is 96.4 Å². The average molecular weight is 239 g/mol. The third-order valence-electron chi connectivity index (χ3n) is 2.23. The number of halogens is 1. The van der Waals surface area contributed by atoms with Crippen molar-refractivity contribution in [2.24, 2.45) is 0 Å². The van der Waals surface area contributed by atoms with Crippen molar-refractivity contribution in [2.45, 2.75) is 18.6 Å². The average Bonchev–Trinajstić information content (AvgIpc) is 2.27. The summed E-state index contributed by atoms with van der Waals surface area (Å²) in [5.41, 5.74) is -0.494. The van der Waals surface area contributed by atoms with E-state index in [0.717, 1.165) is 12.1 Å². The van der Waals surface area contributed by atoms with Crippen LogP contribution in [0.4, 0.5) is 4.39 Å². The Morgan fingerprint density at radius 3 is 2.59 bits per heavy atom. The van der Waals surface area contributed by atoms with Crippen molar-refractivity contribution >= 4 is 5.97 Å². The maximum absolute atomic E-state index is 13.3. The van der Waals surface area contributed by atoms with Crippen molar-refractivity contribution in [3.8, 4) is 6.07 Å². The number of carbonyl (C=O) groups is 1. The van der Waals surface area contributed by atoms with Crippen molar-refractivity contribution in [3.63, 3.8) is 0 Å². The van der Waals surface area contributed by atoms with Gasteiger partial charge in [0.05, 0.1) is 24.2 Å². The number of aliphatic hydroxyl groups excluding tert-OH is 2. The standard InChI is InChI=1S/C11H10FNO4/c12-8-5-6(1-2-7(8)11(16)17)10(15)9(14)3-4-13/h1-2,5,9-10,14-15H,3H2,(H,16,17). The maximum atomic E-state index is 13.3. The van der Waals surface area contributed by atoms with Crippen LogP contribution < -0.4 is 0 Å². The Morgan fingerprint density at radius 2 is 2.12 bits per heavy atom. The Hall–Kier alpha value is -1.97. The SMILES string of the molecule is N#CCC(O)C(O)c1ccc(C(=O)O)c(F)c1. The zero-order valence-corrected chi connectivity index (χ0v) is 8.67. The van der Waals surface area contributed by atoms with Crippen molar-refractivity contribution < 1.29 is 24.5 Å². The highest BCUT2D eigenvalue weighted by atomic mass is 19.1. The molecule has 0 saturated heterocycles. The van der Waals surface area contributed by atoms with E-state index >= 15 is 0 Å². The van der Waals surface area contributed by atoms with E-state index in [-0.39, 0.29) is 12.0 Å². The van der Waals surface area contributed by atoms with E-state index in [1.54, 1.807) is 6.07 Å². The van der Waals surface area contributed by atoms with Gasteiger partial charge in [-0.3, -0.25) is 0 Å². The number of carboxylic acids is 1. The van der Waals surface area contributed by atoms with Crippen LogP contribution in [0.2, 0.25) is 0 Å². The van der Waals surface area contributed by atoms with Gasteiger partial charge in [0.2, 0.25) is 0 Å². The molecule has 2 unspecified atom stereocenters. The lowest BCUT2D eigenvalue weighted by Gasteiger charge is -2.15. The van der Waals surface area contributed by atoms with Crippen LogP contribution in [-0.4, -0.2) is 27.4 Å². The highest BCUT2D eigenvalue weighted by Gasteiger charge is 2.20. The maximum Gasteiger partial charge on any atom is 0.338 e. The number of benzene rings is 1. The number of hydrogen-bond donors (Lipinski definition) is 3. The van der Waals surface area contributed by atoms with Crippen molar-refractivity contribution in [1.82, 2.24) is 0 Å². The molecule has 0 spiro atoms. The predicted octanol–water partition coefficient (Wildman–Crippen LogP) is 0.832. The van der Waals surface area contributed by atoms with E-state index in [1.807, 2.05) is 0 Å². The molecule has 0 heterocycles. The lowest BCUT2D eigenvalue weighted by atomic mass is 10.0. The van der Waals surface area contributed by atoms with Crippen molar-refractivity contribution in [3.05, 3.63) is 35.1 Å². The Kier molecular flexibility index (Phi) is 4.15. The molecule has 0 aliphatic heterocycles. The van der Waals surface area contributed by atoms with Crippen LogP contribution in [0.15, 0.2) is 18.2 Å². The van der Waals surface area contributed by atoms with Crippen LogP contribution >= 0.6 is 0 Å². The summed E-state index contributed by atoms with van der Waals surface area (Å²) in [4.78, 5) is 10.5. The van der Waals surface area contributed by atoms with E-state index in [9.17, 15) is 19.4 Å². The summed E-state index contributed by atoms with van der Waals surface area (Å²) in [6.07, 6.45) is -3.06. The van der Waals surface area contributed by atoms with Gasteiger partial charge in [-0.25, -0.2) is 9.18 Å². The first-order valence-electron chi connectivity index (χ1n) is 4.73. The Balaban J connectivity index is 2.98. The third kappa shape index (κ3) is 3.00. The quantitative estimate of drug-likeness (QED) is 0.722. The van der Waals surface area contributed by atoms with Gasteiger partial charge >= 0.3 is 5.97 Å². The lowest BCUT2D eigenvalue weighted by Crippen LogP contribution is -2.18. The fraction of sp³-hybridized carbons (Fsp3) is 0.273. The number of aromatic carboxylic acids is 1. The number of hydrogen-bond acceptors (Lipinski definition) is 4. The molecular weight excluding hydrogens is 229 g/mol. The molecule has 2 atom stereocenters. The zero-order valence-electron chi connectivity index (χ0n) is 8.67. The van der Waals surface area contributed by atoms with Crippen LogP contribution in [0.1, 0.15) is 28.4 Å². The minimum absolute atomic E-state index is 0.0234. The van der Waals surface area contributed by atoms with E-state index in [2.05, 4.69) is 0 Å². The molecule has 1 aromatic carbocycles. The van der Waals surface area contributed by atoms with E-state index in [0.29, 0.717) is 0 Å². The van der Waals surface area contributed by atoms with E-state index in [4.69, 9.17) is 10.4 Å². The molecule has 1 aromatic rings. The second-order valence-corrected chi connectivity index (χ2v) is 3.42. The first-order valence-corrected chi connectivity index (χ1v) is 4.73. The van der Waals surface area contributed by atoms with Gasteiger partial charge in [0.25, 0.3) is 0 Å². The van der Waals surface area contributed by atoms with Gasteiger partial charge in [0, 0.05) is 0 Å². The van der Waals surface area contributed by atoms with Gasteiger partial charge in [-0.2, -0.15) is 5.26 Å². The first kappa shape index (κ1) is 13.1. The predicted molar refractivity (Wildman–Crippen MR) is 54.6 cm³/mol. The summed E-state index contributed by atoms with van der Waals surface area (Å²) in [7, 11) is 0. The zero-order chi connectivity index (χ0) is 13.0. The molecule has 0 aliphatic rings.